The van der Waals surface area contributed by atoms with Crippen LogP contribution in [-0.2, 0) is 9.53 Å². The van der Waals surface area contributed by atoms with Crippen LogP contribution in [0.1, 0.15) is 58.1 Å². The van der Waals surface area contributed by atoms with Crippen LogP contribution < -0.4 is 4.74 Å². The Bertz CT molecular complexity index is 652. The van der Waals surface area contributed by atoms with Gasteiger partial charge in [0, 0.05) is 19.4 Å². The molecule has 0 radical (unpaired) electrons. The van der Waals surface area contributed by atoms with Crippen LogP contribution in [0.5, 0.6) is 5.88 Å². The number of aromatic nitrogens is 2. The average molecular weight is 344 g/mol. The van der Waals surface area contributed by atoms with Gasteiger partial charge < -0.3 is 9.47 Å². The van der Waals surface area contributed by atoms with E-state index in [1.54, 1.807) is 11.6 Å². The number of unbranched alkanes of at least 4 members (excludes halogenated alkanes) is 4. The Balaban J connectivity index is 1.86. The smallest absolute Gasteiger partial charge is 0.308 e. The lowest BCUT2D eigenvalue weighted by atomic mass is 10.1. The van der Waals surface area contributed by atoms with E-state index >= 15 is 0 Å². The van der Waals surface area contributed by atoms with E-state index in [4.69, 9.17) is 9.47 Å². The van der Waals surface area contributed by atoms with Crippen molar-refractivity contribution in [1.29, 1.82) is 0 Å². The minimum atomic E-state index is -0.651. The van der Waals surface area contributed by atoms with Gasteiger partial charge in [-0.15, -0.1) is 0 Å². The molecule has 5 nitrogen and oxygen atoms in total. The Labute approximate surface area is 149 Å². The number of benzene rings is 1. The van der Waals surface area contributed by atoms with Crippen molar-refractivity contribution >= 4 is 5.97 Å². The predicted molar refractivity (Wildman–Crippen MR) is 97.9 cm³/mol. The average Bonchev–Trinajstić information content (AvgIpc) is 2.95. The Morgan fingerprint density at radius 3 is 2.60 bits per heavy atom. The zero-order valence-corrected chi connectivity index (χ0v) is 15.4. The van der Waals surface area contributed by atoms with Crippen LogP contribution in [0.4, 0.5) is 0 Å². The summed E-state index contributed by atoms with van der Waals surface area (Å²) in [5, 5.41) is 4.44. The molecule has 5 heteroatoms. The van der Waals surface area contributed by atoms with E-state index in [1.165, 1.54) is 19.3 Å². The maximum absolute atomic E-state index is 11.9. The number of rotatable bonds is 10. The van der Waals surface area contributed by atoms with E-state index < -0.39 is 6.29 Å². The van der Waals surface area contributed by atoms with Crippen molar-refractivity contribution in [2.75, 3.05) is 0 Å². The van der Waals surface area contributed by atoms with Crippen molar-refractivity contribution in [1.82, 2.24) is 9.78 Å². The molecule has 0 fully saturated rings. The molecule has 25 heavy (non-hydrogen) atoms. The normalized spacial score (nSPS) is 12.0. The van der Waals surface area contributed by atoms with Gasteiger partial charge >= 0.3 is 5.97 Å². The van der Waals surface area contributed by atoms with Gasteiger partial charge in [-0.1, -0.05) is 50.8 Å². The molecule has 0 saturated heterocycles. The number of nitrogens with zero attached hydrogens (tertiary/aromatic N) is 2. The van der Waals surface area contributed by atoms with Gasteiger partial charge in [0.2, 0.25) is 12.2 Å². The zero-order valence-electron chi connectivity index (χ0n) is 15.4. The monoisotopic (exact) mass is 344 g/mol. The fourth-order valence-corrected chi connectivity index (χ4v) is 2.62. The molecular formula is C20H28N2O3. The molecule has 1 aromatic carbocycles. The van der Waals surface area contributed by atoms with Crippen molar-refractivity contribution in [3.63, 3.8) is 0 Å². The van der Waals surface area contributed by atoms with Crippen LogP contribution >= 0.6 is 0 Å². The second kappa shape index (κ2) is 9.87. The summed E-state index contributed by atoms with van der Waals surface area (Å²) in [6.07, 6.45) is 5.31. The molecule has 2 rings (SSSR count). The van der Waals surface area contributed by atoms with Gasteiger partial charge in [-0.05, 0) is 25.5 Å². The van der Waals surface area contributed by atoms with Crippen LogP contribution in [-0.4, -0.2) is 22.0 Å². The third-order valence-corrected chi connectivity index (χ3v) is 3.87. The summed E-state index contributed by atoms with van der Waals surface area (Å²) < 4.78 is 12.9. The summed E-state index contributed by atoms with van der Waals surface area (Å²) in [6.45, 7) is 5.81. The van der Waals surface area contributed by atoms with Crippen molar-refractivity contribution in [2.24, 2.45) is 0 Å². The molecule has 0 aliphatic rings. The lowest BCUT2D eigenvalue weighted by molar-refractivity contribution is -0.161. The first-order chi connectivity index (χ1) is 12.1. The van der Waals surface area contributed by atoms with Crippen LogP contribution in [0, 0.1) is 6.92 Å². The van der Waals surface area contributed by atoms with E-state index in [0.29, 0.717) is 12.3 Å². The summed E-state index contributed by atoms with van der Waals surface area (Å²) in [6, 6.07) is 11.6. The SMILES string of the molecule is CCCCCCCC(=O)OC(C)Oc1cc(C)nn1-c1ccccc1. The highest BCUT2D eigenvalue weighted by Gasteiger charge is 2.15. The van der Waals surface area contributed by atoms with Crippen LogP contribution in [0.2, 0.25) is 0 Å². The molecule has 136 valence electrons. The highest BCUT2D eigenvalue weighted by molar-refractivity contribution is 5.69. The molecule has 0 aliphatic heterocycles. The fourth-order valence-electron chi connectivity index (χ4n) is 2.62. The highest BCUT2D eigenvalue weighted by Crippen LogP contribution is 2.20. The van der Waals surface area contributed by atoms with Gasteiger partial charge in [0.05, 0.1) is 11.4 Å². The Morgan fingerprint density at radius 2 is 1.88 bits per heavy atom. The Hall–Kier alpha value is -2.30. The summed E-state index contributed by atoms with van der Waals surface area (Å²) in [4.78, 5) is 11.9. The van der Waals surface area contributed by atoms with E-state index in [2.05, 4.69) is 12.0 Å². The van der Waals surface area contributed by atoms with Gasteiger partial charge in [0.25, 0.3) is 0 Å². The number of hydrogen-bond acceptors (Lipinski definition) is 4. The van der Waals surface area contributed by atoms with E-state index in [-0.39, 0.29) is 5.97 Å². The first kappa shape index (κ1) is 19.0. The highest BCUT2D eigenvalue weighted by atomic mass is 16.7. The van der Waals surface area contributed by atoms with Crippen LogP contribution in [0.25, 0.3) is 5.69 Å². The van der Waals surface area contributed by atoms with Crippen molar-refractivity contribution in [3.05, 3.63) is 42.1 Å². The second-order valence-corrected chi connectivity index (χ2v) is 6.21. The number of carbonyl (C=O) groups is 1. The number of para-hydroxylation sites is 1. The van der Waals surface area contributed by atoms with E-state index in [1.807, 2.05) is 43.3 Å². The number of esters is 1. The molecular weight excluding hydrogens is 316 g/mol. The molecule has 0 spiro atoms. The quantitative estimate of drug-likeness (QED) is 0.353. The molecule has 0 bridgehead atoms. The second-order valence-electron chi connectivity index (χ2n) is 6.21. The third kappa shape index (κ3) is 6.25. The Morgan fingerprint density at radius 1 is 1.16 bits per heavy atom. The van der Waals surface area contributed by atoms with Crippen LogP contribution in [0.3, 0.4) is 0 Å². The molecule has 2 aromatic rings. The summed E-state index contributed by atoms with van der Waals surface area (Å²) in [5.74, 6) is 0.346. The van der Waals surface area contributed by atoms with E-state index in [0.717, 1.165) is 24.2 Å². The van der Waals surface area contributed by atoms with Crippen molar-refractivity contribution in [2.45, 2.75) is 65.6 Å². The van der Waals surface area contributed by atoms with Gasteiger partial charge in [-0.3, -0.25) is 4.79 Å². The maximum atomic E-state index is 11.9. The molecule has 1 aromatic heterocycles. The van der Waals surface area contributed by atoms with E-state index in [9.17, 15) is 4.79 Å². The van der Waals surface area contributed by atoms with Gasteiger partial charge in [-0.2, -0.15) is 5.10 Å². The predicted octanol–water partition coefficient (Wildman–Crippen LogP) is 4.81. The summed E-state index contributed by atoms with van der Waals surface area (Å²) in [5.41, 5.74) is 1.74. The topological polar surface area (TPSA) is 53.4 Å². The largest absolute Gasteiger partial charge is 0.438 e. The van der Waals surface area contributed by atoms with Crippen molar-refractivity contribution in [3.8, 4) is 11.6 Å². The fraction of sp³-hybridized carbons (Fsp3) is 0.500. The molecule has 0 aliphatic carbocycles. The number of hydrogen-bond donors (Lipinski definition) is 0. The van der Waals surface area contributed by atoms with Crippen molar-refractivity contribution < 1.29 is 14.3 Å². The minimum absolute atomic E-state index is 0.216. The number of ether oxygens (including phenoxy) is 2. The molecule has 0 N–H and O–H groups in total. The summed E-state index contributed by atoms with van der Waals surface area (Å²) >= 11 is 0. The molecule has 1 unspecified atom stereocenters. The molecule has 1 atom stereocenters. The first-order valence-electron chi connectivity index (χ1n) is 9.08. The maximum Gasteiger partial charge on any atom is 0.308 e. The lowest BCUT2D eigenvalue weighted by Crippen LogP contribution is -2.22. The molecule has 0 amide bonds. The van der Waals surface area contributed by atoms with Gasteiger partial charge in [0.1, 0.15) is 0 Å². The third-order valence-electron chi connectivity index (χ3n) is 3.87. The summed E-state index contributed by atoms with van der Waals surface area (Å²) in [7, 11) is 0. The van der Waals surface area contributed by atoms with Gasteiger partial charge in [-0.25, -0.2) is 4.68 Å². The molecule has 1 heterocycles. The number of carbonyl (C=O) groups excluding carboxylic acids is 1. The lowest BCUT2D eigenvalue weighted by Gasteiger charge is -2.16. The Kier molecular flexibility index (Phi) is 7.51. The van der Waals surface area contributed by atoms with Gasteiger partial charge in [0.15, 0.2) is 0 Å². The first-order valence-corrected chi connectivity index (χ1v) is 9.08. The minimum Gasteiger partial charge on any atom is -0.438 e. The molecule has 0 saturated carbocycles. The zero-order chi connectivity index (χ0) is 18.1. The van der Waals surface area contributed by atoms with Crippen LogP contribution in [0.15, 0.2) is 36.4 Å². The standard InChI is InChI=1S/C20H28N2O3/c1-4-5-6-7-11-14-20(23)25-17(3)24-19-15-16(2)21-22(19)18-12-9-8-10-13-18/h8-10,12-13,15,17H,4-7,11,14H2,1-3H3. The number of aryl methyl sites for hydroxylation is 1.